The largest absolute Gasteiger partial charge is 0.444 e. The molecule has 0 bridgehead atoms. The quantitative estimate of drug-likeness (QED) is 0.838. The third-order valence-electron chi connectivity index (χ3n) is 3.15. The molecule has 0 fully saturated rings. The van der Waals surface area contributed by atoms with Gasteiger partial charge in [0.25, 0.3) is 0 Å². The van der Waals surface area contributed by atoms with Gasteiger partial charge in [0, 0.05) is 17.2 Å². The number of carbonyl (C=O) groups is 2. The number of carbonyl (C=O) groups excluding carboxylic acids is 2. The summed E-state index contributed by atoms with van der Waals surface area (Å²) in [5, 5.41) is 2.64. The number of ether oxygens (including phenoxy) is 1. The van der Waals surface area contributed by atoms with Crippen molar-refractivity contribution >= 4 is 17.6 Å². The van der Waals surface area contributed by atoms with Crippen molar-refractivity contribution in [1.29, 1.82) is 0 Å². The first kappa shape index (κ1) is 15.8. The maximum Gasteiger partial charge on any atom is 0.411 e. The molecule has 0 aliphatic heterocycles. The minimum absolute atomic E-state index is 0.0466. The number of benzene rings is 2. The molecule has 0 spiro atoms. The molecule has 0 aromatic heterocycles. The third kappa shape index (κ3) is 4.45. The van der Waals surface area contributed by atoms with E-state index in [1.165, 1.54) is 0 Å². The molecule has 0 unspecified atom stereocenters. The van der Waals surface area contributed by atoms with E-state index in [1.807, 2.05) is 44.2 Å². The first-order valence-corrected chi connectivity index (χ1v) is 7.18. The number of ketones is 1. The van der Waals surface area contributed by atoms with E-state index in [1.54, 1.807) is 24.3 Å². The SMILES string of the molecule is CC(C)C(=O)c1ccc(NC(=O)OCc2ccccc2)cc1. The Morgan fingerprint density at radius 1 is 1.00 bits per heavy atom. The molecule has 2 rings (SSSR count). The molecule has 0 atom stereocenters. The van der Waals surface area contributed by atoms with Crippen molar-refractivity contribution in [2.24, 2.45) is 5.92 Å². The van der Waals surface area contributed by atoms with Crippen molar-refractivity contribution in [3.63, 3.8) is 0 Å². The van der Waals surface area contributed by atoms with Crippen LogP contribution >= 0.6 is 0 Å². The smallest absolute Gasteiger partial charge is 0.411 e. The van der Waals surface area contributed by atoms with Gasteiger partial charge < -0.3 is 4.74 Å². The number of rotatable bonds is 5. The first-order valence-electron chi connectivity index (χ1n) is 7.18. The predicted molar refractivity (Wildman–Crippen MR) is 85.9 cm³/mol. The summed E-state index contributed by atoms with van der Waals surface area (Å²) in [4.78, 5) is 23.5. The van der Waals surface area contributed by atoms with Gasteiger partial charge >= 0.3 is 6.09 Å². The zero-order chi connectivity index (χ0) is 15.9. The Morgan fingerprint density at radius 2 is 1.64 bits per heavy atom. The van der Waals surface area contributed by atoms with Gasteiger partial charge in [-0.05, 0) is 29.8 Å². The van der Waals surface area contributed by atoms with Gasteiger partial charge in [0.1, 0.15) is 6.61 Å². The lowest BCUT2D eigenvalue weighted by Gasteiger charge is -2.08. The molecule has 1 amide bonds. The predicted octanol–water partition coefficient (Wildman–Crippen LogP) is 4.27. The van der Waals surface area contributed by atoms with Crippen LogP contribution in [0.25, 0.3) is 0 Å². The second-order valence-electron chi connectivity index (χ2n) is 5.28. The van der Waals surface area contributed by atoms with Gasteiger partial charge in [-0.2, -0.15) is 0 Å². The van der Waals surface area contributed by atoms with Gasteiger partial charge in [0.05, 0.1) is 0 Å². The summed E-state index contributed by atoms with van der Waals surface area (Å²) in [5.41, 5.74) is 2.16. The third-order valence-corrected chi connectivity index (χ3v) is 3.15. The second-order valence-corrected chi connectivity index (χ2v) is 5.28. The summed E-state index contributed by atoms with van der Waals surface area (Å²) in [5.74, 6) is 0.0350. The summed E-state index contributed by atoms with van der Waals surface area (Å²) in [6.45, 7) is 3.93. The van der Waals surface area contributed by atoms with Crippen molar-refractivity contribution < 1.29 is 14.3 Å². The van der Waals surface area contributed by atoms with E-state index in [0.717, 1.165) is 5.56 Å². The van der Waals surface area contributed by atoms with Gasteiger partial charge in [-0.3, -0.25) is 10.1 Å². The van der Waals surface area contributed by atoms with Crippen LogP contribution in [0.2, 0.25) is 0 Å². The van der Waals surface area contributed by atoms with E-state index < -0.39 is 6.09 Å². The maximum atomic E-state index is 11.8. The summed E-state index contributed by atoms with van der Waals surface area (Å²) in [6, 6.07) is 16.3. The number of anilines is 1. The Bertz CT molecular complexity index is 633. The highest BCUT2D eigenvalue weighted by Crippen LogP contribution is 2.13. The van der Waals surface area contributed by atoms with Gasteiger partial charge in [0.15, 0.2) is 5.78 Å². The lowest BCUT2D eigenvalue weighted by atomic mass is 10.0. The fourth-order valence-corrected chi connectivity index (χ4v) is 1.93. The van der Waals surface area contributed by atoms with E-state index in [4.69, 9.17) is 4.74 Å². The lowest BCUT2D eigenvalue weighted by molar-refractivity contribution is 0.0939. The molecule has 0 aliphatic carbocycles. The topological polar surface area (TPSA) is 55.4 Å². The molecule has 2 aromatic rings. The zero-order valence-corrected chi connectivity index (χ0v) is 12.7. The average Bonchev–Trinajstić information content (AvgIpc) is 2.54. The Labute approximate surface area is 130 Å². The molecule has 0 heterocycles. The maximum absolute atomic E-state index is 11.8. The van der Waals surface area contributed by atoms with E-state index in [-0.39, 0.29) is 18.3 Å². The number of hydrogen-bond donors (Lipinski definition) is 1. The van der Waals surface area contributed by atoms with Crippen LogP contribution in [0.1, 0.15) is 29.8 Å². The van der Waals surface area contributed by atoms with E-state index in [9.17, 15) is 9.59 Å². The molecule has 4 nitrogen and oxygen atoms in total. The summed E-state index contributed by atoms with van der Waals surface area (Å²) in [7, 11) is 0. The van der Waals surface area contributed by atoms with Crippen LogP contribution in [-0.4, -0.2) is 11.9 Å². The van der Waals surface area contributed by atoms with Crippen LogP contribution in [0.15, 0.2) is 54.6 Å². The number of amides is 1. The zero-order valence-electron chi connectivity index (χ0n) is 12.7. The van der Waals surface area contributed by atoms with Crippen molar-refractivity contribution in [3.8, 4) is 0 Å². The molecule has 2 aromatic carbocycles. The van der Waals surface area contributed by atoms with Crippen LogP contribution in [0.4, 0.5) is 10.5 Å². The lowest BCUT2D eigenvalue weighted by Crippen LogP contribution is -2.14. The van der Waals surface area contributed by atoms with E-state index in [0.29, 0.717) is 11.3 Å². The number of hydrogen-bond acceptors (Lipinski definition) is 3. The van der Waals surface area contributed by atoms with E-state index >= 15 is 0 Å². The highest BCUT2D eigenvalue weighted by atomic mass is 16.5. The second kappa shape index (κ2) is 7.41. The van der Waals surface area contributed by atoms with E-state index in [2.05, 4.69) is 5.32 Å². The van der Waals surface area contributed by atoms with Crippen molar-refractivity contribution in [1.82, 2.24) is 0 Å². The van der Waals surface area contributed by atoms with Crippen LogP contribution in [0.5, 0.6) is 0 Å². The molecule has 4 heteroatoms. The van der Waals surface area contributed by atoms with Crippen LogP contribution in [0, 0.1) is 5.92 Å². The Kier molecular flexibility index (Phi) is 5.31. The Hall–Kier alpha value is -2.62. The number of Topliss-reactive ketones (excluding diaryl/α,β-unsaturated/α-hetero) is 1. The monoisotopic (exact) mass is 297 g/mol. The average molecular weight is 297 g/mol. The first-order chi connectivity index (χ1) is 10.6. The fourth-order valence-electron chi connectivity index (χ4n) is 1.93. The van der Waals surface area contributed by atoms with Crippen molar-refractivity contribution in [3.05, 3.63) is 65.7 Å². The molecule has 0 radical (unpaired) electrons. The molecule has 0 saturated carbocycles. The minimum Gasteiger partial charge on any atom is -0.444 e. The highest BCUT2D eigenvalue weighted by molar-refractivity contribution is 5.98. The van der Waals surface area contributed by atoms with Gasteiger partial charge in [-0.15, -0.1) is 0 Å². The molecular weight excluding hydrogens is 278 g/mol. The van der Waals surface area contributed by atoms with Gasteiger partial charge in [0.2, 0.25) is 0 Å². The Balaban J connectivity index is 1.88. The Morgan fingerprint density at radius 3 is 2.23 bits per heavy atom. The van der Waals surface area contributed by atoms with Gasteiger partial charge in [-0.25, -0.2) is 4.79 Å². The highest BCUT2D eigenvalue weighted by Gasteiger charge is 2.10. The molecule has 22 heavy (non-hydrogen) atoms. The number of nitrogens with one attached hydrogen (secondary N) is 1. The van der Waals surface area contributed by atoms with Crippen LogP contribution in [0.3, 0.4) is 0 Å². The molecule has 0 saturated heterocycles. The normalized spacial score (nSPS) is 10.3. The standard InChI is InChI=1S/C18H19NO3/c1-13(2)17(20)15-8-10-16(11-9-15)19-18(21)22-12-14-6-4-3-5-7-14/h3-11,13H,12H2,1-2H3,(H,19,21). The summed E-state index contributed by atoms with van der Waals surface area (Å²) >= 11 is 0. The molecule has 1 N–H and O–H groups in total. The fraction of sp³-hybridized carbons (Fsp3) is 0.222. The van der Waals surface area contributed by atoms with Crippen molar-refractivity contribution in [2.45, 2.75) is 20.5 Å². The van der Waals surface area contributed by atoms with Crippen LogP contribution in [-0.2, 0) is 11.3 Å². The molecule has 114 valence electrons. The van der Waals surface area contributed by atoms with Crippen molar-refractivity contribution in [2.75, 3.05) is 5.32 Å². The summed E-state index contributed by atoms with van der Waals surface area (Å²) < 4.78 is 5.13. The minimum atomic E-state index is -0.521. The van der Waals surface area contributed by atoms with Gasteiger partial charge in [-0.1, -0.05) is 44.2 Å². The van der Waals surface area contributed by atoms with Crippen LogP contribution < -0.4 is 5.32 Å². The summed E-state index contributed by atoms with van der Waals surface area (Å²) in [6.07, 6.45) is -0.521. The molecular formula is C18H19NO3. The molecule has 0 aliphatic rings.